The van der Waals surface area contributed by atoms with E-state index in [1.165, 1.54) is 4.57 Å². The van der Waals surface area contributed by atoms with Crippen LogP contribution in [0.2, 0.25) is 0 Å². The van der Waals surface area contributed by atoms with Crippen molar-refractivity contribution in [2.45, 2.75) is 39.3 Å². The van der Waals surface area contributed by atoms with Gasteiger partial charge in [-0.25, -0.2) is 4.79 Å². The van der Waals surface area contributed by atoms with Crippen molar-refractivity contribution in [1.29, 1.82) is 0 Å². The minimum Gasteiger partial charge on any atom is -0.490 e. The number of para-hydroxylation sites is 1. The van der Waals surface area contributed by atoms with Crippen molar-refractivity contribution >= 4 is 5.91 Å². The average molecular weight is 367 g/mol. The van der Waals surface area contributed by atoms with Gasteiger partial charge in [0.15, 0.2) is 0 Å². The average Bonchev–Trinajstić information content (AvgIpc) is 3.21. The summed E-state index contributed by atoms with van der Waals surface area (Å²) in [5, 5.41) is 0. The van der Waals surface area contributed by atoms with E-state index in [1.807, 2.05) is 48.2 Å². The van der Waals surface area contributed by atoms with Crippen LogP contribution in [0.3, 0.4) is 0 Å². The number of ether oxygens (including phenoxy) is 1. The first-order valence-corrected chi connectivity index (χ1v) is 9.56. The highest BCUT2D eigenvalue weighted by molar-refractivity contribution is 5.76. The quantitative estimate of drug-likeness (QED) is 0.831. The van der Waals surface area contributed by atoms with E-state index < -0.39 is 0 Å². The highest BCUT2D eigenvalue weighted by atomic mass is 16.5. The molecule has 6 heteroatoms. The summed E-state index contributed by atoms with van der Waals surface area (Å²) in [5.74, 6) is 1.72. The van der Waals surface area contributed by atoms with E-state index in [0.29, 0.717) is 24.1 Å². The molecule has 1 aromatic carbocycles. The maximum Gasteiger partial charge on any atom is 0.348 e. The smallest absolute Gasteiger partial charge is 0.348 e. The Balaban J connectivity index is 1.42. The molecular weight excluding hydrogens is 342 g/mol. The molecule has 0 radical (unpaired) electrons. The molecule has 0 N–H and O–H groups in total. The van der Waals surface area contributed by atoms with Crippen LogP contribution < -0.4 is 10.4 Å². The number of hydrogen-bond donors (Lipinski definition) is 0. The molecule has 2 fully saturated rings. The third-order valence-corrected chi connectivity index (χ3v) is 5.81. The first kappa shape index (κ1) is 17.8. The molecule has 2 heterocycles. The van der Waals surface area contributed by atoms with Gasteiger partial charge in [0.2, 0.25) is 5.91 Å². The molecule has 1 aliphatic heterocycles. The third kappa shape index (κ3) is 3.61. The van der Waals surface area contributed by atoms with Crippen LogP contribution in [0, 0.1) is 25.7 Å². The Bertz CT molecular complexity index is 893. The summed E-state index contributed by atoms with van der Waals surface area (Å²) < 4.78 is 7.64. The fourth-order valence-corrected chi connectivity index (χ4v) is 4.44. The first-order valence-electron chi connectivity index (χ1n) is 9.56. The zero-order chi connectivity index (χ0) is 19.0. The van der Waals surface area contributed by atoms with Gasteiger partial charge in [0.25, 0.3) is 0 Å². The van der Waals surface area contributed by atoms with Crippen LogP contribution in [0.4, 0.5) is 0 Å². The Morgan fingerprint density at radius 3 is 2.70 bits per heavy atom. The predicted molar refractivity (Wildman–Crippen MR) is 102 cm³/mol. The largest absolute Gasteiger partial charge is 0.490 e. The van der Waals surface area contributed by atoms with Crippen LogP contribution in [0.1, 0.15) is 24.2 Å². The van der Waals surface area contributed by atoms with Crippen molar-refractivity contribution in [3.8, 4) is 5.75 Å². The number of aromatic nitrogens is 2. The molecule has 0 unspecified atom stereocenters. The molecule has 1 amide bonds. The number of carbonyl (C=O) groups excluding carboxylic acids is 1. The summed E-state index contributed by atoms with van der Waals surface area (Å²) in [6, 6.07) is 11.7. The lowest BCUT2D eigenvalue weighted by molar-refractivity contribution is -0.131. The minimum absolute atomic E-state index is 0.0151. The maximum atomic E-state index is 12.8. The second kappa shape index (κ2) is 7.18. The Morgan fingerprint density at radius 2 is 1.96 bits per heavy atom. The normalized spacial score (nSPS) is 24.1. The van der Waals surface area contributed by atoms with Gasteiger partial charge in [-0.3, -0.25) is 9.36 Å². The van der Waals surface area contributed by atoms with Crippen molar-refractivity contribution in [2.75, 3.05) is 13.1 Å². The highest BCUT2D eigenvalue weighted by Crippen LogP contribution is 2.40. The lowest BCUT2D eigenvalue weighted by Crippen LogP contribution is -2.38. The van der Waals surface area contributed by atoms with Crippen LogP contribution in [0.25, 0.3) is 0 Å². The summed E-state index contributed by atoms with van der Waals surface area (Å²) in [4.78, 5) is 30.8. The van der Waals surface area contributed by atoms with Crippen LogP contribution >= 0.6 is 0 Å². The van der Waals surface area contributed by atoms with E-state index in [1.54, 1.807) is 6.92 Å². The van der Waals surface area contributed by atoms with Crippen LogP contribution in [-0.2, 0) is 11.3 Å². The minimum atomic E-state index is -0.356. The maximum absolute atomic E-state index is 12.8. The number of likely N-dealkylation sites (tertiary alicyclic amines) is 1. The number of rotatable bonds is 4. The molecule has 1 aromatic heterocycles. The van der Waals surface area contributed by atoms with Crippen LogP contribution in [0.5, 0.6) is 5.75 Å². The van der Waals surface area contributed by atoms with Gasteiger partial charge in [-0.15, -0.1) is 0 Å². The van der Waals surface area contributed by atoms with Gasteiger partial charge >= 0.3 is 5.69 Å². The van der Waals surface area contributed by atoms with Crippen LogP contribution in [0.15, 0.2) is 41.2 Å². The Hall–Kier alpha value is -2.63. The molecule has 6 nitrogen and oxygen atoms in total. The fraction of sp³-hybridized carbons (Fsp3) is 0.476. The molecule has 142 valence electrons. The molecule has 1 saturated carbocycles. The lowest BCUT2D eigenvalue weighted by atomic mass is 9.99. The van der Waals surface area contributed by atoms with Gasteiger partial charge in [0.1, 0.15) is 18.4 Å². The molecule has 27 heavy (non-hydrogen) atoms. The molecule has 2 aliphatic rings. The van der Waals surface area contributed by atoms with Crippen molar-refractivity contribution < 1.29 is 9.53 Å². The van der Waals surface area contributed by atoms with E-state index in [4.69, 9.17) is 4.74 Å². The Labute approximate surface area is 158 Å². The van der Waals surface area contributed by atoms with Gasteiger partial charge < -0.3 is 9.64 Å². The van der Waals surface area contributed by atoms with Gasteiger partial charge in [0.05, 0.1) is 0 Å². The second-order valence-electron chi connectivity index (χ2n) is 7.68. The zero-order valence-corrected chi connectivity index (χ0v) is 15.8. The summed E-state index contributed by atoms with van der Waals surface area (Å²) in [6.45, 7) is 5.14. The van der Waals surface area contributed by atoms with Gasteiger partial charge in [-0.2, -0.15) is 4.98 Å². The fourth-order valence-electron chi connectivity index (χ4n) is 4.44. The van der Waals surface area contributed by atoms with Gasteiger partial charge in [-0.05, 0) is 50.8 Å². The Kier molecular flexibility index (Phi) is 4.72. The highest BCUT2D eigenvalue weighted by Gasteiger charge is 2.45. The number of aryl methyl sites for hydroxylation is 2. The number of amides is 1. The van der Waals surface area contributed by atoms with E-state index in [-0.39, 0.29) is 24.2 Å². The summed E-state index contributed by atoms with van der Waals surface area (Å²) in [5.41, 5.74) is 1.09. The SMILES string of the molecule is Cc1cc(C)n(CC(=O)N2C[C@@H]3CC[C@H](Oc4ccccc4)[C@@H]3C2)c(=O)n1. The number of nitrogens with zero attached hydrogens (tertiary/aromatic N) is 3. The van der Waals surface area contributed by atoms with E-state index in [2.05, 4.69) is 4.98 Å². The van der Waals surface area contributed by atoms with Gasteiger partial charge in [0, 0.05) is 30.4 Å². The van der Waals surface area contributed by atoms with E-state index >= 15 is 0 Å². The van der Waals surface area contributed by atoms with Crippen LogP contribution in [-0.4, -0.2) is 39.6 Å². The zero-order valence-electron chi connectivity index (χ0n) is 15.8. The first-order chi connectivity index (χ1) is 13.0. The van der Waals surface area contributed by atoms with Crippen molar-refractivity contribution in [3.63, 3.8) is 0 Å². The number of hydrogen-bond acceptors (Lipinski definition) is 4. The molecule has 4 rings (SSSR count). The van der Waals surface area contributed by atoms with Crippen molar-refractivity contribution in [1.82, 2.24) is 14.5 Å². The lowest BCUT2D eigenvalue weighted by Gasteiger charge is -2.22. The summed E-state index contributed by atoms with van der Waals surface area (Å²) >= 11 is 0. The monoisotopic (exact) mass is 367 g/mol. The molecule has 0 spiro atoms. The van der Waals surface area contributed by atoms with Gasteiger partial charge in [-0.1, -0.05) is 18.2 Å². The molecule has 2 aromatic rings. The standard InChI is InChI=1S/C21H25N3O3/c1-14-10-15(2)24(21(26)22-14)13-20(25)23-11-16-8-9-19(18(16)12-23)27-17-6-4-3-5-7-17/h3-7,10,16,18-19H,8-9,11-13H2,1-2H3/t16-,18+,19-/m0/s1. The third-order valence-electron chi connectivity index (χ3n) is 5.81. The number of benzene rings is 1. The number of fused-ring (bicyclic) bond motifs is 1. The van der Waals surface area contributed by atoms with Crippen molar-refractivity contribution in [2.24, 2.45) is 11.8 Å². The molecular formula is C21H25N3O3. The summed E-state index contributed by atoms with van der Waals surface area (Å²) in [7, 11) is 0. The molecule has 1 aliphatic carbocycles. The molecule has 3 atom stereocenters. The molecule has 0 bridgehead atoms. The Morgan fingerprint density at radius 1 is 1.19 bits per heavy atom. The number of carbonyl (C=O) groups is 1. The topological polar surface area (TPSA) is 64.4 Å². The second-order valence-corrected chi connectivity index (χ2v) is 7.68. The molecule has 1 saturated heterocycles. The predicted octanol–water partition coefficient (Wildman–Crippen LogP) is 2.18. The summed E-state index contributed by atoms with van der Waals surface area (Å²) in [6.07, 6.45) is 2.27. The van der Waals surface area contributed by atoms with E-state index in [0.717, 1.165) is 30.8 Å². The van der Waals surface area contributed by atoms with E-state index in [9.17, 15) is 9.59 Å². The van der Waals surface area contributed by atoms with Crippen molar-refractivity contribution in [3.05, 3.63) is 58.3 Å².